The molecule has 3 rings (SSSR count). The van der Waals surface area contributed by atoms with Gasteiger partial charge >= 0.3 is 0 Å². The lowest BCUT2D eigenvalue weighted by molar-refractivity contribution is 0.0949. The minimum absolute atomic E-state index is 0.724. The molecule has 0 bridgehead atoms. The molecule has 5 heteroatoms. The van der Waals surface area contributed by atoms with Gasteiger partial charge in [0.25, 0.3) is 0 Å². The van der Waals surface area contributed by atoms with Gasteiger partial charge in [-0.2, -0.15) is 5.10 Å². The van der Waals surface area contributed by atoms with E-state index in [1.807, 2.05) is 30.7 Å². The first kappa shape index (κ1) is 13.8. The molecule has 2 aromatic heterocycles. The van der Waals surface area contributed by atoms with Gasteiger partial charge < -0.3 is 5.11 Å². The molecule has 3 aromatic rings. The quantitative estimate of drug-likeness (QED) is 0.770. The van der Waals surface area contributed by atoms with E-state index in [1.54, 1.807) is 17.5 Å². The maximum absolute atomic E-state index is 11.1. The van der Waals surface area contributed by atoms with E-state index in [9.17, 15) is 5.11 Å². The van der Waals surface area contributed by atoms with Gasteiger partial charge in [0.2, 0.25) is 0 Å². The van der Waals surface area contributed by atoms with Crippen molar-refractivity contribution in [3.63, 3.8) is 0 Å². The molecule has 1 aromatic carbocycles. The smallest absolute Gasteiger partial charge is 0.139 e. The minimum atomic E-state index is -1.06. The van der Waals surface area contributed by atoms with E-state index in [4.69, 9.17) is 0 Å². The van der Waals surface area contributed by atoms with Crippen LogP contribution in [-0.4, -0.2) is 14.9 Å². The number of rotatable bonds is 3. The molecule has 104 valence electrons. The van der Waals surface area contributed by atoms with Gasteiger partial charge in [-0.15, -0.1) is 11.3 Å². The van der Waals surface area contributed by atoms with Gasteiger partial charge in [-0.05, 0) is 47.3 Å². The molecule has 0 spiro atoms. The van der Waals surface area contributed by atoms with Crippen molar-refractivity contribution in [2.45, 2.75) is 26.0 Å². The average molecular weight is 351 g/mol. The van der Waals surface area contributed by atoms with Crippen LogP contribution in [0.1, 0.15) is 24.4 Å². The fourth-order valence-corrected chi connectivity index (χ4v) is 4.22. The molecular weight excluding hydrogens is 336 g/mol. The minimum Gasteiger partial charge on any atom is -0.378 e. The molecule has 0 aliphatic heterocycles. The van der Waals surface area contributed by atoms with Crippen molar-refractivity contribution in [2.75, 3.05) is 0 Å². The highest BCUT2D eigenvalue weighted by Gasteiger charge is 2.33. The Morgan fingerprint density at radius 1 is 1.40 bits per heavy atom. The van der Waals surface area contributed by atoms with Crippen molar-refractivity contribution in [1.82, 2.24) is 9.78 Å². The predicted octanol–water partition coefficient (Wildman–Crippen LogP) is 4.14. The summed E-state index contributed by atoms with van der Waals surface area (Å²) in [4.78, 5) is 0.926. The Bertz CT molecular complexity index is 727. The van der Waals surface area contributed by atoms with Crippen LogP contribution in [0, 0.1) is 0 Å². The van der Waals surface area contributed by atoms with Gasteiger partial charge in [-0.3, -0.25) is 4.68 Å². The average Bonchev–Trinajstić information content (AvgIpc) is 3.02. The largest absolute Gasteiger partial charge is 0.378 e. The van der Waals surface area contributed by atoms with Crippen LogP contribution in [0.3, 0.4) is 0 Å². The van der Waals surface area contributed by atoms with Crippen molar-refractivity contribution in [2.24, 2.45) is 0 Å². The Hall–Kier alpha value is -1.17. The van der Waals surface area contributed by atoms with Crippen LogP contribution in [-0.2, 0) is 12.1 Å². The summed E-state index contributed by atoms with van der Waals surface area (Å²) in [7, 11) is 0. The summed E-state index contributed by atoms with van der Waals surface area (Å²) < 4.78 is 3.84. The second kappa shape index (κ2) is 4.98. The highest BCUT2D eigenvalue weighted by molar-refractivity contribution is 9.10. The molecule has 2 heterocycles. The Morgan fingerprint density at radius 3 is 2.85 bits per heavy atom. The lowest BCUT2D eigenvalue weighted by atomic mass is 9.99. The number of hydrogen-bond donors (Lipinski definition) is 1. The van der Waals surface area contributed by atoms with Gasteiger partial charge in [-0.1, -0.05) is 18.2 Å². The Balaban J connectivity index is 2.17. The van der Waals surface area contributed by atoms with Gasteiger partial charge in [0, 0.05) is 16.1 Å². The number of fused-ring (bicyclic) bond motifs is 1. The number of hydrogen-bond acceptors (Lipinski definition) is 3. The summed E-state index contributed by atoms with van der Waals surface area (Å²) in [6.07, 6.45) is 1.74. The summed E-state index contributed by atoms with van der Waals surface area (Å²) in [6, 6.07) is 10.2. The van der Waals surface area contributed by atoms with Crippen molar-refractivity contribution < 1.29 is 5.11 Å². The zero-order valence-corrected chi connectivity index (χ0v) is 13.7. The molecule has 0 fully saturated rings. The first-order valence-electron chi connectivity index (χ1n) is 6.47. The van der Waals surface area contributed by atoms with Crippen LogP contribution >= 0.6 is 27.3 Å². The Morgan fingerprint density at radius 2 is 2.15 bits per heavy atom. The van der Waals surface area contributed by atoms with Crippen LogP contribution < -0.4 is 0 Å². The van der Waals surface area contributed by atoms with E-state index in [-0.39, 0.29) is 0 Å². The lowest BCUT2D eigenvalue weighted by Gasteiger charge is -2.23. The van der Waals surface area contributed by atoms with Crippen molar-refractivity contribution >= 4 is 37.4 Å². The number of aliphatic hydroxyl groups is 1. The third-order valence-electron chi connectivity index (χ3n) is 3.46. The molecular formula is C15H15BrN2OS. The molecule has 20 heavy (non-hydrogen) atoms. The number of thiophene rings is 1. The zero-order valence-electron chi connectivity index (χ0n) is 11.3. The lowest BCUT2D eigenvalue weighted by Crippen LogP contribution is -2.26. The van der Waals surface area contributed by atoms with Crippen LogP contribution in [0.15, 0.2) is 41.0 Å². The monoisotopic (exact) mass is 350 g/mol. The van der Waals surface area contributed by atoms with Crippen molar-refractivity contribution in [3.05, 3.63) is 51.6 Å². The van der Waals surface area contributed by atoms with E-state index >= 15 is 0 Å². The number of benzene rings is 1. The maximum Gasteiger partial charge on any atom is 0.139 e. The molecule has 0 saturated carbocycles. The van der Waals surface area contributed by atoms with Crippen LogP contribution in [0.2, 0.25) is 0 Å². The highest BCUT2D eigenvalue weighted by atomic mass is 79.9. The van der Waals surface area contributed by atoms with Crippen LogP contribution in [0.4, 0.5) is 0 Å². The van der Waals surface area contributed by atoms with E-state index in [0.717, 1.165) is 27.0 Å². The third kappa shape index (κ3) is 2.10. The Kier molecular flexibility index (Phi) is 3.44. The van der Waals surface area contributed by atoms with E-state index < -0.39 is 5.60 Å². The molecule has 1 atom stereocenters. The van der Waals surface area contributed by atoms with Crippen molar-refractivity contribution in [1.29, 1.82) is 0 Å². The normalized spacial score (nSPS) is 14.6. The maximum atomic E-state index is 11.1. The summed E-state index contributed by atoms with van der Waals surface area (Å²) >= 11 is 5.11. The predicted molar refractivity (Wildman–Crippen MR) is 86.1 cm³/mol. The standard InChI is InChI=1S/C15H15BrN2OS/c1-3-18-14(11(16)9-17-18)15(2,19)13-8-10-6-4-5-7-12(10)20-13/h4-9,19H,3H2,1-2H3. The number of halogens is 1. The van der Waals surface area contributed by atoms with Gasteiger partial charge in [0.15, 0.2) is 0 Å². The van der Waals surface area contributed by atoms with Crippen molar-refractivity contribution in [3.8, 4) is 0 Å². The van der Waals surface area contributed by atoms with E-state index in [0.29, 0.717) is 0 Å². The molecule has 0 aliphatic rings. The molecule has 0 radical (unpaired) electrons. The first-order valence-corrected chi connectivity index (χ1v) is 8.08. The molecule has 0 aliphatic carbocycles. The first-order chi connectivity index (χ1) is 9.54. The second-order valence-electron chi connectivity index (χ2n) is 4.88. The topological polar surface area (TPSA) is 38.0 Å². The highest BCUT2D eigenvalue weighted by Crippen LogP contribution is 2.39. The van der Waals surface area contributed by atoms with E-state index in [2.05, 4.69) is 39.2 Å². The van der Waals surface area contributed by atoms with Gasteiger partial charge in [0.1, 0.15) is 5.60 Å². The number of aryl methyl sites for hydroxylation is 1. The van der Waals surface area contributed by atoms with Crippen LogP contribution in [0.5, 0.6) is 0 Å². The molecule has 3 nitrogen and oxygen atoms in total. The zero-order chi connectivity index (χ0) is 14.3. The molecule has 1 unspecified atom stereocenters. The summed E-state index contributed by atoms with van der Waals surface area (Å²) in [5.41, 5.74) is -0.263. The molecule has 0 saturated heterocycles. The summed E-state index contributed by atoms with van der Waals surface area (Å²) in [5.74, 6) is 0. The summed E-state index contributed by atoms with van der Waals surface area (Å²) in [6.45, 7) is 4.57. The van der Waals surface area contributed by atoms with Gasteiger partial charge in [-0.25, -0.2) is 0 Å². The SMILES string of the molecule is CCn1ncc(Br)c1C(C)(O)c1cc2ccccc2s1. The number of aromatic nitrogens is 2. The molecule has 0 amide bonds. The van der Waals surface area contributed by atoms with Crippen LogP contribution in [0.25, 0.3) is 10.1 Å². The second-order valence-corrected chi connectivity index (χ2v) is 6.82. The molecule has 1 N–H and O–H groups in total. The number of nitrogens with zero attached hydrogens (tertiary/aromatic N) is 2. The summed E-state index contributed by atoms with van der Waals surface area (Å²) in [5, 5.41) is 16.5. The third-order valence-corrected chi connectivity index (χ3v) is 5.37. The Labute approximate surface area is 130 Å². The van der Waals surface area contributed by atoms with Gasteiger partial charge in [0.05, 0.1) is 16.4 Å². The fourth-order valence-electron chi connectivity index (χ4n) is 2.42. The van der Waals surface area contributed by atoms with E-state index in [1.165, 1.54) is 4.70 Å². The fraction of sp³-hybridized carbons (Fsp3) is 0.267.